The van der Waals surface area contributed by atoms with Crippen LogP contribution in [0.2, 0.25) is 0 Å². The molecule has 17 heavy (non-hydrogen) atoms. The highest BCUT2D eigenvalue weighted by Gasteiger charge is 2.45. The number of rotatable bonds is 4. The Morgan fingerprint density at radius 1 is 1.53 bits per heavy atom. The number of hydrogen-bond acceptors (Lipinski definition) is 4. The molecule has 1 aromatic heterocycles. The van der Waals surface area contributed by atoms with Crippen molar-refractivity contribution in [2.45, 2.75) is 39.3 Å². The van der Waals surface area contributed by atoms with Crippen molar-refractivity contribution >= 4 is 0 Å². The lowest BCUT2D eigenvalue weighted by atomic mass is 9.57. The van der Waals surface area contributed by atoms with E-state index in [2.05, 4.69) is 30.0 Å². The maximum absolute atomic E-state index is 6.02. The third-order valence-electron chi connectivity index (χ3n) is 4.08. The van der Waals surface area contributed by atoms with Crippen LogP contribution in [0, 0.1) is 11.3 Å². The summed E-state index contributed by atoms with van der Waals surface area (Å²) in [6.07, 6.45) is 2.08. The largest absolute Gasteiger partial charge is 0.360 e. The van der Waals surface area contributed by atoms with Crippen LogP contribution in [-0.2, 0) is 13.0 Å². The summed E-state index contributed by atoms with van der Waals surface area (Å²) in [6, 6.07) is 2.40. The highest BCUT2D eigenvalue weighted by atomic mass is 16.5. The first kappa shape index (κ1) is 12.6. The van der Waals surface area contributed by atoms with E-state index in [0.717, 1.165) is 30.8 Å². The monoisotopic (exact) mass is 237 g/mol. The summed E-state index contributed by atoms with van der Waals surface area (Å²) in [5, 5.41) is 4.14. The third-order valence-corrected chi connectivity index (χ3v) is 4.08. The van der Waals surface area contributed by atoms with Gasteiger partial charge in [0.1, 0.15) is 0 Å². The first-order valence-corrected chi connectivity index (χ1v) is 6.24. The van der Waals surface area contributed by atoms with Crippen LogP contribution in [0.15, 0.2) is 10.6 Å². The maximum atomic E-state index is 6.02. The van der Waals surface area contributed by atoms with E-state index in [1.807, 2.05) is 14.1 Å². The van der Waals surface area contributed by atoms with Crippen molar-refractivity contribution in [1.82, 2.24) is 10.1 Å². The molecule has 0 aliphatic heterocycles. The molecule has 0 saturated heterocycles. The van der Waals surface area contributed by atoms with Crippen molar-refractivity contribution in [2.24, 2.45) is 17.1 Å². The van der Waals surface area contributed by atoms with Crippen LogP contribution >= 0.6 is 0 Å². The first-order valence-electron chi connectivity index (χ1n) is 6.24. The second-order valence-electron chi connectivity index (χ2n) is 6.09. The van der Waals surface area contributed by atoms with Crippen LogP contribution in [0.3, 0.4) is 0 Å². The standard InChI is InChI=1S/C13H23N3O/c1-13(2)9(6-12(13)14)5-10-7-11(17-15-10)8-16(3)4/h7,9,12H,5-6,8,14H2,1-4H3/t9-,12+/m1/s1. The zero-order chi connectivity index (χ0) is 12.6. The number of nitrogens with two attached hydrogens (primary N) is 1. The second kappa shape index (κ2) is 4.42. The number of aromatic nitrogens is 1. The lowest BCUT2D eigenvalue weighted by Gasteiger charge is -2.50. The van der Waals surface area contributed by atoms with Gasteiger partial charge in [-0.2, -0.15) is 0 Å². The van der Waals surface area contributed by atoms with Gasteiger partial charge in [0.2, 0.25) is 0 Å². The number of hydrogen-bond donors (Lipinski definition) is 1. The number of nitrogens with zero attached hydrogens (tertiary/aromatic N) is 2. The highest BCUT2D eigenvalue weighted by Crippen LogP contribution is 2.46. The minimum atomic E-state index is 0.237. The molecule has 1 fully saturated rings. The molecular weight excluding hydrogens is 214 g/mol. The summed E-state index contributed by atoms with van der Waals surface area (Å²) in [5.74, 6) is 1.57. The van der Waals surface area contributed by atoms with E-state index >= 15 is 0 Å². The molecule has 0 amide bonds. The maximum Gasteiger partial charge on any atom is 0.150 e. The van der Waals surface area contributed by atoms with Crippen molar-refractivity contribution in [3.63, 3.8) is 0 Å². The fraction of sp³-hybridized carbons (Fsp3) is 0.769. The Morgan fingerprint density at radius 2 is 2.24 bits per heavy atom. The molecule has 2 rings (SSSR count). The Balaban J connectivity index is 1.94. The lowest BCUT2D eigenvalue weighted by Crippen LogP contribution is -2.55. The van der Waals surface area contributed by atoms with E-state index in [1.165, 1.54) is 0 Å². The predicted octanol–water partition coefficient (Wildman–Crippen LogP) is 1.65. The molecule has 0 spiro atoms. The van der Waals surface area contributed by atoms with E-state index in [9.17, 15) is 0 Å². The van der Waals surface area contributed by atoms with Gasteiger partial charge in [0, 0.05) is 12.1 Å². The average Bonchev–Trinajstić information content (AvgIpc) is 2.64. The van der Waals surface area contributed by atoms with Crippen molar-refractivity contribution in [2.75, 3.05) is 14.1 Å². The van der Waals surface area contributed by atoms with Gasteiger partial charge < -0.3 is 15.2 Å². The Kier molecular flexibility index (Phi) is 3.27. The molecular formula is C13H23N3O. The van der Waals surface area contributed by atoms with Crippen molar-refractivity contribution in [3.05, 3.63) is 17.5 Å². The quantitative estimate of drug-likeness (QED) is 0.865. The summed E-state index contributed by atoms with van der Waals surface area (Å²) in [5.41, 5.74) is 7.32. The molecule has 1 aliphatic carbocycles. The average molecular weight is 237 g/mol. The van der Waals surface area contributed by atoms with E-state index in [-0.39, 0.29) is 5.41 Å². The normalized spacial score (nSPS) is 27.2. The molecule has 1 saturated carbocycles. The van der Waals surface area contributed by atoms with Crippen LogP contribution < -0.4 is 5.73 Å². The Hall–Kier alpha value is -0.870. The zero-order valence-electron chi connectivity index (χ0n) is 11.2. The second-order valence-corrected chi connectivity index (χ2v) is 6.09. The van der Waals surface area contributed by atoms with Gasteiger partial charge in [0.05, 0.1) is 12.2 Å². The van der Waals surface area contributed by atoms with Crippen LogP contribution in [0.25, 0.3) is 0 Å². The van der Waals surface area contributed by atoms with E-state index in [4.69, 9.17) is 10.3 Å². The van der Waals surface area contributed by atoms with Gasteiger partial charge >= 0.3 is 0 Å². The molecule has 1 aromatic rings. The summed E-state index contributed by atoms with van der Waals surface area (Å²) < 4.78 is 5.32. The van der Waals surface area contributed by atoms with E-state index in [1.54, 1.807) is 0 Å². The summed E-state index contributed by atoms with van der Waals surface area (Å²) in [7, 11) is 4.05. The lowest BCUT2D eigenvalue weighted by molar-refractivity contribution is 0.0370. The van der Waals surface area contributed by atoms with Crippen LogP contribution in [0.1, 0.15) is 31.7 Å². The SMILES string of the molecule is CN(C)Cc1cc(C[C@@H]2C[C@H](N)C2(C)C)no1. The van der Waals surface area contributed by atoms with Crippen LogP contribution in [0.4, 0.5) is 0 Å². The van der Waals surface area contributed by atoms with Crippen LogP contribution in [-0.4, -0.2) is 30.2 Å². The molecule has 0 unspecified atom stereocenters. The molecule has 2 N–H and O–H groups in total. The summed E-state index contributed by atoms with van der Waals surface area (Å²) >= 11 is 0. The van der Waals surface area contributed by atoms with Crippen molar-refractivity contribution < 1.29 is 4.52 Å². The molecule has 4 nitrogen and oxygen atoms in total. The van der Waals surface area contributed by atoms with Gasteiger partial charge in [0.15, 0.2) is 5.76 Å². The third kappa shape index (κ3) is 2.53. The smallest absolute Gasteiger partial charge is 0.150 e. The Bertz CT molecular complexity index is 384. The molecule has 0 radical (unpaired) electrons. The Labute approximate surface area is 103 Å². The summed E-state index contributed by atoms with van der Waals surface area (Å²) in [4.78, 5) is 2.08. The molecule has 0 aromatic carbocycles. The van der Waals surface area contributed by atoms with Gasteiger partial charge in [-0.05, 0) is 38.3 Å². The topological polar surface area (TPSA) is 55.3 Å². The predicted molar refractivity (Wildman–Crippen MR) is 67.5 cm³/mol. The fourth-order valence-corrected chi connectivity index (χ4v) is 2.49. The van der Waals surface area contributed by atoms with Crippen molar-refractivity contribution in [1.29, 1.82) is 0 Å². The first-order chi connectivity index (χ1) is 7.89. The van der Waals surface area contributed by atoms with Gasteiger partial charge in [-0.3, -0.25) is 0 Å². The molecule has 4 heteroatoms. The molecule has 1 heterocycles. The zero-order valence-corrected chi connectivity index (χ0v) is 11.2. The fourth-order valence-electron chi connectivity index (χ4n) is 2.49. The van der Waals surface area contributed by atoms with E-state index in [0.29, 0.717) is 12.0 Å². The molecule has 1 aliphatic rings. The Morgan fingerprint density at radius 3 is 2.76 bits per heavy atom. The van der Waals surface area contributed by atoms with Gasteiger partial charge in [-0.15, -0.1) is 0 Å². The minimum Gasteiger partial charge on any atom is -0.360 e. The molecule has 96 valence electrons. The van der Waals surface area contributed by atoms with Gasteiger partial charge in [0.25, 0.3) is 0 Å². The van der Waals surface area contributed by atoms with Crippen LogP contribution in [0.5, 0.6) is 0 Å². The van der Waals surface area contributed by atoms with Gasteiger partial charge in [-0.1, -0.05) is 19.0 Å². The van der Waals surface area contributed by atoms with Crippen molar-refractivity contribution in [3.8, 4) is 0 Å². The minimum absolute atomic E-state index is 0.237. The highest BCUT2D eigenvalue weighted by molar-refractivity contribution is 5.10. The summed E-state index contributed by atoms with van der Waals surface area (Å²) in [6.45, 7) is 5.29. The van der Waals surface area contributed by atoms with Gasteiger partial charge in [-0.25, -0.2) is 0 Å². The molecule has 2 atom stereocenters. The van der Waals surface area contributed by atoms with E-state index < -0.39 is 0 Å². The molecule has 0 bridgehead atoms.